The smallest absolute Gasteiger partial charge is 0.459 e. The minimum absolute atomic E-state index is 0.193. The van der Waals surface area contributed by atoms with Crippen molar-refractivity contribution in [3.63, 3.8) is 0 Å². The summed E-state index contributed by atoms with van der Waals surface area (Å²) < 4.78 is 37.8. The Morgan fingerprint density at radius 3 is 2.60 bits per heavy atom. The number of aliphatic hydroxyl groups is 1. The maximum absolute atomic E-state index is 14.1. The molecule has 3 aromatic rings. The number of benzene rings is 2. The van der Waals surface area contributed by atoms with Gasteiger partial charge in [-0.2, -0.15) is 10.3 Å². The monoisotopic (exact) mass is 602 g/mol. The molecule has 13 nitrogen and oxygen atoms in total. The summed E-state index contributed by atoms with van der Waals surface area (Å²) in [6.45, 7) is 4.43. The highest BCUT2D eigenvalue weighted by Crippen LogP contribution is 2.47. The summed E-state index contributed by atoms with van der Waals surface area (Å²) in [5.41, 5.74) is -1.46. The van der Waals surface area contributed by atoms with E-state index in [1.54, 1.807) is 24.3 Å². The van der Waals surface area contributed by atoms with Gasteiger partial charge in [-0.05, 0) is 31.7 Å². The minimum Gasteiger partial charge on any atom is -0.465 e. The molecule has 1 aromatic heterocycles. The summed E-state index contributed by atoms with van der Waals surface area (Å²) >= 11 is 0. The van der Waals surface area contributed by atoms with Crippen LogP contribution in [0.15, 0.2) is 64.3 Å². The van der Waals surface area contributed by atoms with E-state index in [1.165, 1.54) is 13.8 Å². The van der Waals surface area contributed by atoms with E-state index in [4.69, 9.17) is 18.5 Å². The number of hydrogen-bond acceptors (Lipinski definition) is 10. The molecule has 0 saturated carbocycles. The van der Waals surface area contributed by atoms with E-state index in [-0.39, 0.29) is 18.8 Å². The highest BCUT2D eigenvalue weighted by molar-refractivity contribution is 7.52. The Morgan fingerprint density at radius 2 is 1.90 bits per heavy atom. The molecule has 226 valence electrons. The number of ether oxygens (including phenoxy) is 2. The average Bonchev–Trinajstić information content (AvgIpc) is 2.95. The molecule has 5 atom stereocenters. The molecule has 0 spiro atoms. The maximum atomic E-state index is 14.1. The lowest BCUT2D eigenvalue weighted by molar-refractivity contribution is -0.145. The minimum atomic E-state index is -4.36. The van der Waals surface area contributed by atoms with Crippen molar-refractivity contribution in [1.29, 1.82) is 5.26 Å². The van der Waals surface area contributed by atoms with E-state index in [0.29, 0.717) is 11.8 Å². The first-order chi connectivity index (χ1) is 20.1. The van der Waals surface area contributed by atoms with E-state index in [1.807, 2.05) is 31.2 Å². The van der Waals surface area contributed by atoms with Gasteiger partial charge >= 0.3 is 19.4 Å². The van der Waals surface area contributed by atoms with Gasteiger partial charge in [0.1, 0.15) is 17.9 Å². The number of nitrogens with zero attached hydrogens (tertiary/aromatic N) is 2. The number of nitriles is 1. The Hall–Kier alpha value is -3.79. The summed E-state index contributed by atoms with van der Waals surface area (Å²) in [4.78, 5) is 38.5. The molecule has 42 heavy (non-hydrogen) atoms. The van der Waals surface area contributed by atoms with Crippen LogP contribution in [0.4, 0.5) is 0 Å². The van der Waals surface area contributed by atoms with Crippen molar-refractivity contribution in [2.24, 2.45) is 0 Å². The number of nitrogens with one attached hydrogen (secondary N) is 2. The molecule has 3 rings (SSSR count). The van der Waals surface area contributed by atoms with E-state index in [2.05, 4.69) is 10.1 Å². The van der Waals surface area contributed by atoms with Gasteiger partial charge in [0, 0.05) is 17.6 Å². The Labute approximate surface area is 242 Å². The van der Waals surface area contributed by atoms with Crippen molar-refractivity contribution in [3.8, 4) is 11.8 Å². The molecule has 2 aromatic carbocycles. The molecule has 0 fully saturated rings. The van der Waals surface area contributed by atoms with Gasteiger partial charge in [-0.15, -0.1) is 0 Å². The molecule has 0 aliphatic rings. The van der Waals surface area contributed by atoms with Crippen molar-refractivity contribution in [2.45, 2.75) is 64.5 Å². The Bertz CT molecular complexity index is 1540. The lowest BCUT2D eigenvalue weighted by atomic mass is 10.1. The van der Waals surface area contributed by atoms with E-state index in [0.717, 1.165) is 28.6 Å². The molecular formula is C28H35N4O9P. The first kappa shape index (κ1) is 32.7. The van der Waals surface area contributed by atoms with Crippen LogP contribution < -0.4 is 20.9 Å². The van der Waals surface area contributed by atoms with Crippen LogP contribution in [0.1, 0.15) is 46.3 Å². The number of aliphatic hydroxyl groups excluding tert-OH is 1. The second-order valence-corrected chi connectivity index (χ2v) is 11.2. The van der Waals surface area contributed by atoms with Crippen molar-refractivity contribution >= 4 is 24.5 Å². The topological polar surface area (TPSA) is 182 Å². The van der Waals surface area contributed by atoms with Crippen LogP contribution in [0, 0.1) is 11.3 Å². The van der Waals surface area contributed by atoms with Gasteiger partial charge in [0.2, 0.25) is 0 Å². The lowest BCUT2D eigenvalue weighted by Gasteiger charge is -2.29. The van der Waals surface area contributed by atoms with Gasteiger partial charge in [0.25, 0.3) is 5.56 Å². The van der Waals surface area contributed by atoms with Crippen LogP contribution in [0.5, 0.6) is 5.75 Å². The van der Waals surface area contributed by atoms with Crippen LogP contribution in [-0.2, 0) is 23.4 Å². The van der Waals surface area contributed by atoms with Gasteiger partial charge in [-0.25, -0.2) is 9.36 Å². The van der Waals surface area contributed by atoms with Crippen LogP contribution >= 0.6 is 7.75 Å². The number of carbonyl (C=O) groups excluding carboxylic acids is 1. The van der Waals surface area contributed by atoms with Gasteiger partial charge < -0.3 is 19.1 Å². The zero-order chi connectivity index (χ0) is 30.7. The number of unbranched alkanes of at least 4 members (excludes halogenated alkanes) is 1. The zero-order valence-corrected chi connectivity index (χ0v) is 24.5. The highest BCUT2D eigenvalue weighted by Gasteiger charge is 2.35. The normalized spacial score (nSPS) is 15.6. The fraction of sp³-hybridized carbons (Fsp3) is 0.429. The third-order valence-electron chi connectivity index (χ3n) is 6.12. The van der Waals surface area contributed by atoms with Gasteiger partial charge in [-0.3, -0.25) is 23.7 Å². The summed E-state index contributed by atoms with van der Waals surface area (Å²) in [5, 5.41) is 23.8. The molecule has 0 bridgehead atoms. The average molecular weight is 603 g/mol. The van der Waals surface area contributed by atoms with Crippen LogP contribution in [0.3, 0.4) is 0 Å². The Morgan fingerprint density at radius 1 is 1.17 bits per heavy atom. The fourth-order valence-corrected chi connectivity index (χ4v) is 5.36. The van der Waals surface area contributed by atoms with E-state index in [9.17, 15) is 29.3 Å². The first-order valence-electron chi connectivity index (χ1n) is 13.4. The number of aromatic nitrogens is 2. The Kier molecular flexibility index (Phi) is 12.0. The third-order valence-corrected chi connectivity index (χ3v) is 7.75. The van der Waals surface area contributed by atoms with Crippen molar-refractivity contribution < 1.29 is 33.0 Å². The maximum Gasteiger partial charge on any atom is 0.459 e. The summed E-state index contributed by atoms with van der Waals surface area (Å²) in [6.07, 6.45) is -1.36. The molecule has 0 saturated heterocycles. The molecule has 0 amide bonds. The molecule has 14 heteroatoms. The van der Waals surface area contributed by atoms with E-state index >= 15 is 0 Å². The van der Waals surface area contributed by atoms with Crippen LogP contribution in [-0.4, -0.2) is 52.1 Å². The molecular weight excluding hydrogens is 567 g/mol. The first-order valence-corrected chi connectivity index (χ1v) is 15.0. The van der Waals surface area contributed by atoms with E-state index < -0.39 is 56.0 Å². The van der Waals surface area contributed by atoms with Crippen molar-refractivity contribution in [3.05, 3.63) is 75.6 Å². The number of esters is 1. The number of aromatic amines is 1. The van der Waals surface area contributed by atoms with Crippen molar-refractivity contribution in [2.75, 3.05) is 13.2 Å². The second kappa shape index (κ2) is 15.4. The predicted octanol–water partition coefficient (Wildman–Crippen LogP) is 3.39. The molecule has 0 aliphatic heterocycles. The standard InChI is InChI=1S/C28H35N4O9P/c1-4-5-17-38-27(35)19(2)31-42(37,41-23-12-8-10-21-9-6-7-11-22(21)23)39-18-24(20(3)33)40-26(13-15-29)32-16-14-25(34)30-28(32)36/h6-12,14,16,19-20,24,26,33H,4-5,13,17-18H2,1-3H3,(H,31,37)(H,30,34,36)/t19-,20?,24+,26+,42?/m0/s1. The van der Waals surface area contributed by atoms with Crippen molar-refractivity contribution in [1.82, 2.24) is 14.6 Å². The van der Waals surface area contributed by atoms with Crippen LogP contribution in [0.25, 0.3) is 10.8 Å². The van der Waals surface area contributed by atoms with Gasteiger partial charge in [0.15, 0.2) is 6.23 Å². The summed E-state index contributed by atoms with van der Waals surface area (Å²) in [5.74, 6) is -0.448. The third kappa shape index (κ3) is 9.11. The summed E-state index contributed by atoms with van der Waals surface area (Å²) in [7, 11) is -4.36. The van der Waals surface area contributed by atoms with Gasteiger partial charge in [-0.1, -0.05) is 49.7 Å². The second-order valence-electron chi connectivity index (χ2n) is 9.48. The predicted molar refractivity (Wildman–Crippen MR) is 154 cm³/mol. The number of rotatable bonds is 16. The molecule has 3 N–H and O–H groups in total. The number of fused-ring (bicyclic) bond motifs is 1. The lowest BCUT2D eigenvalue weighted by Crippen LogP contribution is -2.39. The SMILES string of the molecule is CCCCOC(=O)[C@H](C)NP(=O)(OC[C@@H](O[C@H](CC#N)n1ccc(=O)[nH]c1=O)C(C)O)Oc1cccc2ccccc12. The quantitative estimate of drug-likeness (QED) is 0.124. The largest absolute Gasteiger partial charge is 0.465 e. The summed E-state index contributed by atoms with van der Waals surface area (Å²) in [6, 6.07) is 14.3. The molecule has 0 aliphatic carbocycles. The number of carbonyl (C=O) groups is 1. The Balaban J connectivity index is 1.87. The number of hydrogen-bond donors (Lipinski definition) is 3. The highest BCUT2D eigenvalue weighted by atomic mass is 31.2. The molecule has 0 radical (unpaired) electrons. The fourth-order valence-electron chi connectivity index (χ4n) is 3.84. The molecule has 2 unspecified atom stereocenters. The number of H-pyrrole nitrogens is 1. The molecule has 1 heterocycles. The zero-order valence-electron chi connectivity index (χ0n) is 23.6. The van der Waals surface area contributed by atoms with Crippen LogP contribution in [0.2, 0.25) is 0 Å². The van der Waals surface area contributed by atoms with Gasteiger partial charge in [0.05, 0.1) is 31.8 Å².